The third-order valence-electron chi connectivity index (χ3n) is 3.99. The fraction of sp³-hybridized carbons (Fsp3) is 0.105. The highest BCUT2D eigenvalue weighted by atomic mass is 32.2. The van der Waals surface area contributed by atoms with E-state index in [1.807, 2.05) is 31.2 Å². The van der Waals surface area contributed by atoms with E-state index in [9.17, 15) is 9.90 Å². The van der Waals surface area contributed by atoms with Crippen molar-refractivity contribution >= 4 is 23.6 Å². The molecule has 1 amide bonds. The van der Waals surface area contributed by atoms with Crippen LogP contribution < -0.4 is 5.32 Å². The van der Waals surface area contributed by atoms with Gasteiger partial charge in [0.25, 0.3) is 0 Å². The maximum atomic E-state index is 12.3. The number of benzene rings is 2. The third kappa shape index (κ3) is 4.43. The molecule has 0 unspecified atom stereocenters. The molecule has 146 valence electrons. The first-order valence-electron chi connectivity index (χ1n) is 8.63. The fourth-order valence-corrected chi connectivity index (χ4v) is 3.21. The van der Waals surface area contributed by atoms with Gasteiger partial charge in [0.1, 0.15) is 11.4 Å². The van der Waals surface area contributed by atoms with Crippen LogP contribution in [0.15, 0.2) is 64.3 Å². The molecule has 10 heteroatoms. The van der Waals surface area contributed by atoms with Crippen molar-refractivity contribution in [3.05, 3.63) is 60.2 Å². The molecule has 2 aromatic heterocycles. The van der Waals surface area contributed by atoms with Crippen LogP contribution in [-0.4, -0.2) is 42.1 Å². The first-order valence-corrected chi connectivity index (χ1v) is 9.61. The molecule has 9 nitrogen and oxygen atoms in total. The van der Waals surface area contributed by atoms with Gasteiger partial charge < -0.3 is 9.63 Å². The number of carbonyl (C=O) groups excluding carboxylic acids is 1. The van der Waals surface area contributed by atoms with E-state index < -0.39 is 0 Å². The molecule has 29 heavy (non-hydrogen) atoms. The van der Waals surface area contributed by atoms with Gasteiger partial charge in [0, 0.05) is 11.6 Å². The van der Waals surface area contributed by atoms with E-state index in [4.69, 9.17) is 4.52 Å². The van der Waals surface area contributed by atoms with Crippen molar-refractivity contribution in [2.24, 2.45) is 0 Å². The maximum absolute atomic E-state index is 12.3. The van der Waals surface area contributed by atoms with Crippen molar-refractivity contribution in [2.75, 3.05) is 11.1 Å². The Kier molecular flexibility index (Phi) is 5.25. The van der Waals surface area contributed by atoms with E-state index in [1.54, 1.807) is 18.2 Å². The number of hydrogen-bond donors (Lipinski definition) is 2. The third-order valence-corrected chi connectivity index (χ3v) is 4.91. The van der Waals surface area contributed by atoms with Crippen molar-refractivity contribution in [1.29, 1.82) is 0 Å². The lowest BCUT2D eigenvalue weighted by Gasteiger charge is -2.04. The number of amides is 1. The highest BCUT2D eigenvalue weighted by Gasteiger charge is 2.14. The van der Waals surface area contributed by atoms with Gasteiger partial charge in [-0.3, -0.25) is 10.1 Å². The molecule has 2 heterocycles. The minimum Gasteiger partial charge on any atom is -0.508 e. The van der Waals surface area contributed by atoms with Crippen LogP contribution >= 0.6 is 11.8 Å². The summed E-state index contributed by atoms with van der Waals surface area (Å²) in [6.07, 6.45) is 0. The second-order valence-corrected chi connectivity index (χ2v) is 7.11. The number of anilines is 1. The van der Waals surface area contributed by atoms with Crippen LogP contribution in [0.1, 0.15) is 5.56 Å². The molecular formula is C19H16N6O3S. The van der Waals surface area contributed by atoms with Crippen molar-refractivity contribution in [3.63, 3.8) is 0 Å². The van der Waals surface area contributed by atoms with Gasteiger partial charge in [-0.1, -0.05) is 46.7 Å². The number of thioether (sulfide) groups is 1. The number of rotatable bonds is 6. The number of carbonyl (C=O) groups is 1. The van der Waals surface area contributed by atoms with E-state index in [1.165, 1.54) is 28.6 Å². The summed E-state index contributed by atoms with van der Waals surface area (Å²) in [6, 6.07) is 16.0. The normalized spacial score (nSPS) is 10.8. The van der Waals surface area contributed by atoms with Crippen LogP contribution in [0.3, 0.4) is 0 Å². The van der Waals surface area contributed by atoms with E-state index in [0.717, 1.165) is 11.1 Å². The number of aromatic nitrogens is 5. The molecule has 4 aromatic rings. The molecule has 0 aliphatic carbocycles. The molecule has 0 atom stereocenters. The van der Waals surface area contributed by atoms with Crippen molar-refractivity contribution in [1.82, 2.24) is 25.4 Å². The number of hydrogen-bond acceptors (Lipinski definition) is 8. The van der Waals surface area contributed by atoms with Gasteiger partial charge >= 0.3 is 0 Å². The van der Waals surface area contributed by atoms with E-state index in [-0.39, 0.29) is 23.3 Å². The van der Waals surface area contributed by atoms with Gasteiger partial charge in [-0.25, -0.2) is 0 Å². The summed E-state index contributed by atoms with van der Waals surface area (Å²) >= 11 is 1.18. The van der Waals surface area contributed by atoms with Crippen LogP contribution in [-0.2, 0) is 4.79 Å². The summed E-state index contributed by atoms with van der Waals surface area (Å²) in [4.78, 5) is 12.3. The highest BCUT2D eigenvalue weighted by molar-refractivity contribution is 7.99. The number of aromatic hydroxyl groups is 1. The molecule has 0 radical (unpaired) electrons. The summed E-state index contributed by atoms with van der Waals surface area (Å²) < 4.78 is 6.69. The van der Waals surface area contributed by atoms with Crippen LogP contribution in [0.4, 0.5) is 5.88 Å². The fourth-order valence-electron chi connectivity index (χ4n) is 2.52. The Morgan fingerprint density at radius 1 is 1.17 bits per heavy atom. The largest absolute Gasteiger partial charge is 0.508 e. The van der Waals surface area contributed by atoms with Gasteiger partial charge in [0.15, 0.2) is 0 Å². The molecule has 0 fully saturated rings. The monoisotopic (exact) mass is 408 g/mol. The quantitative estimate of drug-likeness (QED) is 0.467. The first kappa shape index (κ1) is 18.7. The van der Waals surface area contributed by atoms with E-state index >= 15 is 0 Å². The molecule has 0 spiro atoms. The Bertz CT molecular complexity index is 1120. The number of tetrazole rings is 1. The second-order valence-electron chi connectivity index (χ2n) is 6.17. The van der Waals surface area contributed by atoms with E-state index in [0.29, 0.717) is 16.5 Å². The SMILES string of the molecule is Cc1ccc(-c2cc(NC(=O)CSc3nnnn3-c3ccc(O)cc3)on2)cc1. The van der Waals surface area contributed by atoms with Crippen molar-refractivity contribution in [3.8, 4) is 22.7 Å². The highest BCUT2D eigenvalue weighted by Crippen LogP contribution is 2.23. The zero-order valence-electron chi connectivity index (χ0n) is 15.3. The van der Waals surface area contributed by atoms with Gasteiger partial charge in [-0.15, -0.1) is 5.10 Å². The Morgan fingerprint density at radius 3 is 2.69 bits per heavy atom. The van der Waals surface area contributed by atoms with Crippen molar-refractivity contribution in [2.45, 2.75) is 12.1 Å². The average Bonchev–Trinajstić information content (AvgIpc) is 3.37. The maximum Gasteiger partial charge on any atom is 0.237 e. The molecule has 2 aromatic carbocycles. The topological polar surface area (TPSA) is 119 Å². The zero-order chi connectivity index (χ0) is 20.2. The molecule has 2 N–H and O–H groups in total. The summed E-state index contributed by atoms with van der Waals surface area (Å²) in [7, 11) is 0. The van der Waals surface area contributed by atoms with Gasteiger partial charge in [-0.05, 0) is 41.6 Å². The average molecular weight is 408 g/mol. The van der Waals surface area contributed by atoms with Crippen LogP contribution in [0.2, 0.25) is 0 Å². The molecule has 0 aliphatic heterocycles. The molecule has 0 saturated heterocycles. The zero-order valence-corrected chi connectivity index (χ0v) is 16.1. The standard InChI is InChI=1S/C19H16N6O3S/c1-12-2-4-13(5-3-12)16-10-18(28-22-16)20-17(27)11-29-19-21-23-24-25(19)14-6-8-15(26)9-7-14/h2-10,26H,11H2,1H3,(H,20,27). The predicted octanol–water partition coefficient (Wildman–Crippen LogP) is 3.06. The number of phenols is 1. The lowest BCUT2D eigenvalue weighted by Crippen LogP contribution is -2.14. The summed E-state index contributed by atoms with van der Waals surface area (Å²) in [5.74, 6) is 0.220. The molecule has 0 bridgehead atoms. The Morgan fingerprint density at radius 2 is 1.93 bits per heavy atom. The lowest BCUT2D eigenvalue weighted by atomic mass is 10.1. The van der Waals surface area contributed by atoms with Crippen LogP contribution in [0.5, 0.6) is 5.75 Å². The second kappa shape index (κ2) is 8.15. The minimum absolute atomic E-state index is 0.0824. The molecular weight excluding hydrogens is 392 g/mol. The van der Waals surface area contributed by atoms with Gasteiger partial charge in [0.05, 0.1) is 11.4 Å². The van der Waals surface area contributed by atoms with Gasteiger partial charge in [0.2, 0.25) is 16.9 Å². The molecule has 4 rings (SSSR count). The summed E-state index contributed by atoms with van der Waals surface area (Å²) in [5, 5.41) is 28.0. The summed E-state index contributed by atoms with van der Waals surface area (Å²) in [6.45, 7) is 2.01. The molecule has 0 saturated carbocycles. The van der Waals surface area contributed by atoms with Crippen LogP contribution in [0, 0.1) is 6.92 Å². The number of aryl methyl sites for hydroxylation is 1. The Hall–Kier alpha value is -3.66. The lowest BCUT2D eigenvalue weighted by molar-refractivity contribution is -0.113. The van der Waals surface area contributed by atoms with Crippen LogP contribution in [0.25, 0.3) is 16.9 Å². The predicted molar refractivity (Wildman–Crippen MR) is 107 cm³/mol. The number of nitrogens with zero attached hydrogens (tertiary/aromatic N) is 5. The van der Waals surface area contributed by atoms with Gasteiger partial charge in [-0.2, -0.15) is 4.68 Å². The first-order chi connectivity index (χ1) is 14.1. The summed E-state index contributed by atoms with van der Waals surface area (Å²) in [5.41, 5.74) is 3.37. The minimum atomic E-state index is -0.276. The smallest absolute Gasteiger partial charge is 0.237 e. The number of nitrogens with one attached hydrogen (secondary N) is 1. The van der Waals surface area contributed by atoms with E-state index in [2.05, 4.69) is 26.0 Å². The molecule has 0 aliphatic rings. The number of phenolic OH excluding ortho intramolecular Hbond substituents is 1. The van der Waals surface area contributed by atoms with Crippen molar-refractivity contribution < 1.29 is 14.4 Å². The Labute approximate surface area is 169 Å². The Balaban J connectivity index is 1.37.